The van der Waals surface area contributed by atoms with Crippen LogP contribution in [0.4, 0.5) is 13.2 Å². The Labute approximate surface area is 101 Å². The Morgan fingerprint density at radius 3 is 2.67 bits per heavy atom. The first-order chi connectivity index (χ1) is 8.41. The molecule has 2 aromatic rings. The van der Waals surface area contributed by atoms with Crippen LogP contribution in [-0.4, -0.2) is 19.9 Å². The van der Waals surface area contributed by atoms with E-state index < -0.39 is 17.9 Å². The second-order valence-corrected chi connectivity index (χ2v) is 3.76. The SMILES string of the molecule is CCc1noc(C(C)n2ccc(C(F)(F)F)n2)n1. The lowest BCUT2D eigenvalue weighted by Crippen LogP contribution is -2.11. The first kappa shape index (κ1) is 12.6. The highest BCUT2D eigenvalue weighted by Crippen LogP contribution is 2.28. The minimum atomic E-state index is -4.45. The van der Waals surface area contributed by atoms with Crippen LogP contribution >= 0.6 is 0 Å². The van der Waals surface area contributed by atoms with Crippen molar-refractivity contribution in [1.29, 1.82) is 0 Å². The summed E-state index contributed by atoms with van der Waals surface area (Å²) in [5.74, 6) is 0.753. The van der Waals surface area contributed by atoms with E-state index in [1.165, 1.54) is 6.20 Å². The van der Waals surface area contributed by atoms with Crippen LogP contribution in [0, 0.1) is 0 Å². The van der Waals surface area contributed by atoms with Crippen molar-refractivity contribution in [3.8, 4) is 0 Å². The van der Waals surface area contributed by atoms with E-state index in [0.29, 0.717) is 12.2 Å². The molecule has 2 heterocycles. The molecule has 18 heavy (non-hydrogen) atoms. The normalized spacial score (nSPS) is 13.8. The molecule has 0 saturated carbocycles. The lowest BCUT2D eigenvalue weighted by Gasteiger charge is -2.07. The van der Waals surface area contributed by atoms with Crippen LogP contribution in [-0.2, 0) is 12.6 Å². The average molecular weight is 260 g/mol. The summed E-state index contributed by atoms with van der Waals surface area (Å²) in [5, 5.41) is 7.14. The van der Waals surface area contributed by atoms with Gasteiger partial charge in [-0.1, -0.05) is 12.1 Å². The molecule has 0 aromatic carbocycles. The summed E-state index contributed by atoms with van der Waals surface area (Å²) in [6, 6.07) is 0.377. The fourth-order valence-corrected chi connectivity index (χ4v) is 1.40. The van der Waals surface area contributed by atoms with Crippen LogP contribution in [0.25, 0.3) is 0 Å². The Balaban J connectivity index is 2.23. The molecule has 2 aromatic heterocycles. The van der Waals surface area contributed by atoms with Crippen LogP contribution in [0.2, 0.25) is 0 Å². The topological polar surface area (TPSA) is 56.7 Å². The number of aromatic nitrogens is 4. The van der Waals surface area contributed by atoms with Gasteiger partial charge in [-0.2, -0.15) is 23.3 Å². The number of aryl methyl sites for hydroxylation is 1. The largest absolute Gasteiger partial charge is 0.435 e. The van der Waals surface area contributed by atoms with Gasteiger partial charge >= 0.3 is 6.18 Å². The summed E-state index contributed by atoms with van der Waals surface area (Å²) in [5.41, 5.74) is -0.940. The van der Waals surface area contributed by atoms with Gasteiger partial charge in [-0.05, 0) is 13.0 Å². The standard InChI is InChI=1S/C10H11F3N4O/c1-3-8-14-9(18-16-8)6(2)17-5-4-7(15-17)10(11,12)13/h4-6H,3H2,1-2H3. The van der Waals surface area contributed by atoms with Gasteiger partial charge in [0.05, 0.1) is 0 Å². The van der Waals surface area contributed by atoms with Crippen LogP contribution in [0.15, 0.2) is 16.8 Å². The molecule has 0 bridgehead atoms. The lowest BCUT2D eigenvalue weighted by atomic mass is 10.3. The highest BCUT2D eigenvalue weighted by Gasteiger charge is 2.34. The fourth-order valence-electron chi connectivity index (χ4n) is 1.40. The average Bonchev–Trinajstić information content (AvgIpc) is 2.96. The van der Waals surface area contributed by atoms with Crippen LogP contribution in [0.3, 0.4) is 0 Å². The summed E-state index contributed by atoms with van der Waals surface area (Å²) in [4.78, 5) is 4.06. The third-order valence-electron chi connectivity index (χ3n) is 2.45. The molecule has 0 N–H and O–H groups in total. The van der Waals surface area contributed by atoms with E-state index in [1.54, 1.807) is 6.92 Å². The molecular weight excluding hydrogens is 249 g/mol. The molecule has 0 saturated heterocycles. The van der Waals surface area contributed by atoms with E-state index in [-0.39, 0.29) is 5.89 Å². The summed E-state index contributed by atoms with van der Waals surface area (Å²) in [7, 11) is 0. The maximum atomic E-state index is 12.4. The first-order valence-electron chi connectivity index (χ1n) is 5.36. The predicted molar refractivity (Wildman–Crippen MR) is 54.7 cm³/mol. The van der Waals surface area contributed by atoms with E-state index in [2.05, 4.69) is 15.2 Å². The smallest absolute Gasteiger partial charge is 0.337 e. The van der Waals surface area contributed by atoms with E-state index in [1.807, 2.05) is 6.92 Å². The Bertz CT molecular complexity index is 531. The van der Waals surface area contributed by atoms with Gasteiger partial charge < -0.3 is 4.52 Å². The van der Waals surface area contributed by atoms with E-state index >= 15 is 0 Å². The summed E-state index contributed by atoms with van der Waals surface area (Å²) >= 11 is 0. The van der Waals surface area contributed by atoms with E-state index in [4.69, 9.17) is 4.52 Å². The van der Waals surface area contributed by atoms with Gasteiger partial charge in [0.2, 0.25) is 0 Å². The van der Waals surface area contributed by atoms with Crippen molar-refractivity contribution < 1.29 is 17.7 Å². The number of halogens is 3. The summed E-state index contributed by atoms with van der Waals surface area (Å²) in [6.07, 6.45) is -2.61. The van der Waals surface area contributed by atoms with E-state index in [0.717, 1.165) is 10.7 Å². The van der Waals surface area contributed by atoms with Gasteiger partial charge in [-0.15, -0.1) is 0 Å². The van der Waals surface area contributed by atoms with Gasteiger partial charge in [0.15, 0.2) is 11.5 Å². The van der Waals surface area contributed by atoms with Crippen molar-refractivity contribution in [2.45, 2.75) is 32.5 Å². The van der Waals surface area contributed by atoms with Crippen molar-refractivity contribution in [3.05, 3.63) is 29.7 Å². The van der Waals surface area contributed by atoms with Crippen LogP contribution in [0.5, 0.6) is 0 Å². The maximum Gasteiger partial charge on any atom is 0.435 e. The number of rotatable bonds is 3. The maximum absolute atomic E-state index is 12.4. The molecule has 98 valence electrons. The highest BCUT2D eigenvalue weighted by atomic mass is 19.4. The summed E-state index contributed by atoms with van der Waals surface area (Å²) < 4.78 is 43.3. The molecular formula is C10H11F3N4O. The molecule has 1 unspecified atom stereocenters. The van der Waals surface area contributed by atoms with Crippen molar-refractivity contribution in [2.75, 3.05) is 0 Å². The number of hydrogen-bond acceptors (Lipinski definition) is 4. The number of hydrogen-bond donors (Lipinski definition) is 0. The molecule has 0 radical (unpaired) electrons. The van der Waals surface area contributed by atoms with Gasteiger partial charge in [0.1, 0.15) is 6.04 Å². The Morgan fingerprint density at radius 1 is 1.44 bits per heavy atom. The minimum Gasteiger partial charge on any atom is -0.337 e. The quantitative estimate of drug-likeness (QED) is 0.850. The van der Waals surface area contributed by atoms with Crippen molar-refractivity contribution in [1.82, 2.24) is 19.9 Å². The van der Waals surface area contributed by atoms with Crippen molar-refractivity contribution in [3.63, 3.8) is 0 Å². The van der Waals surface area contributed by atoms with Crippen molar-refractivity contribution >= 4 is 0 Å². The molecule has 1 atom stereocenters. The molecule has 0 spiro atoms. The predicted octanol–water partition coefficient (Wildman–Crippen LogP) is 2.46. The van der Waals surface area contributed by atoms with Crippen LogP contribution in [0.1, 0.15) is 37.3 Å². The molecule has 2 rings (SSSR count). The summed E-state index contributed by atoms with van der Waals surface area (Å²) in [6.45, 7) is 3.50. The van der Waals surface area contributed by atoms with Gasteiger partial charge in [-0.25, -0.2) is 0 Å². The zero-order valence-electron chi connectivity index (χ0n) is 9.77. The van der Waals surface area contributed by atoms with E-state index in [9.17, 15) is 13.2 Å². The Kier molecular flexibility index (Phi) is 3.10. The Hall–Kier alpha value is -1.86. The zero-order valence-corrected chi connectivity index (χ0v) is 9.77. The molecule has 0 aliphatic rings. The van der Waals surface area contributed by atoms with Crippen LogP contribution < -0.4 is 0 Å². The number of nitrogens with zero attached hydrogens (tertiary/aromatic N) is 4. The molecule has 0 fully saturated rings. The highest BCUT2D eigenvalue weighted by molar-refractivity contribution is 5.05. The van der Waals surface area contributed by atoms with Gasteiger partial charge in [0.25, 0.3) is 5.89 Å². The lowest BCUT2D eigenvalue weighted by molar-refractivity contribution is -0.141. The second kappa shape index (κ2) is 4.43. The Morgan fingerprint density at radius 2 is 2.17 bits per heavy atom. The first-order valence-corrected chi connectivity index (χ1v) is 5.36. The third-order valence-corrected chi connectivity index (χ3v) is 2.45. The van der Waals surface area contributed by atoms with Gasteiger partial charge in [-0.3, -0.25) is 4.68 Å². The third kappa shape index (κ3) is 2.36. The zero-order chi connectivity index (χ0) is 13.3. The molecule has 0 amide bonds. The second-order valence-electron chi connectivity index (χ2n) is 3.76. The molecule has 0 aliphatic carbocycles. The van der Waals surface area contributed by atoms with Gasteiger partial charge in [0, 0.05) is 12.6 Å². The fraction of sp³-hybridized carbons (Fsp3) is 0.500. The monoisotopic (exact) mass is 260 g/mol. The van der Waals surface area contributed by atoms with Crippen molar-refractivity contribution in [2.24, 2.45) is 0 Å². The molecule has 0 aliphatic heterocycles. The molecule has 5 nitrogen and oxygen atoms in total. The molecule has 8 heteroatoms. The minimum absolute atomic E-state index is 0.240. The number of alkyl halides is 3.